The fourth-order valence-electron chi connectivity index (χ4n) is 5.81. The van der Waals surface area contributed by atoms with Crippen molar-refractivity contribution in [3.63, 3.8) is 0 Å². The molecule has 0 spiro atoms. The van der Waals surface area contributed by atoms with Gasteiger partial charge in [0.2, 0.25) is 10.0 Å². The Morgan fingerprint density at radius 1 is 1.12 bits per heavy atom. The number of rotatable bonds is 9. The van der Waals surface area contributed by atoms with Crippen LogP contribution >= 0.6 is 23.2 Å². The molecule has 1 unspecified atom stereocenters. The third-order valence-electron chi connectivity index (χ3n) is 7.63. The largest absolute Gasteiger partial charge is 0.493 e. The van der Waals surface area contributed by atoms with E-state index in [1.165, 1.54) is 18.2 Å². The predicted octanol–water partition coefficient (Wildman–Crippen LogP) is 6.13. The highest BCUT2D eigenvalue weighted by Gasteiger charge is 2.46. The third-order valence-corrected chi connectivity index (χ3v) is 8.79. The van der Waals surface area contributed by atoms with Gasteiger partial charge in [0.1, 0.15) is 24.1 Å². The Kier molecular flexibility index (Phi) is 7.92. The van der Waals surface area contributed by atoms with Crippen LogP contribution in [0.1, 0.15) is 30.5 Å². The number of hydrogen-bond acceptors (Lipinski definition) is 5. The zero-order valence-electron chi connectivity index (χ0n) is 21.3. The quantitative estimate of drug-likeness (QED) is 0.292. The molecule has 0 radical (unpaired) electrons. The maximum absolute atomic E-state index is 14.2. The molecule has 3 fully saturated rings. The molecule has 40 heavy (non-hydrogen) atoms. The summed E-state index contributed by atoms with van der Waals surface area (Å²) in [6.45, 7) is 0.415. The Balaban J connectivity index is 1.43. The molecule has 6 rings (SSSR count). The van der Waals surface area contributed by atoms with E-state index >= 15 is 0 Å². The van der Waals surface area contributed by atoms with Gasteiger partial charge in [-0.15, -0.1) is 11.6 Å². The number of ether oxygens (including phenoxy) is 2. The molecule has 1 N–H and O–H groups in total. The highest BCUT2D eigenvalue weighted by atomic mass is 35.5. The lowest BCUT2D eigenvalue weighted by molar-refractivity contribution is -0.142. The van der Waals surface area contributed by atoms with Gasteiger partial charge in [-0.2, -0.15) is 18.4 Å². The molecule has 214 valence electrons. The summed E-state index contributed by atoms with van der Waals surface area (Å²) in [7, 11) is -3.32. The van der Waals surface area contributed by atoms with Crippen molar-refractivity contribution in [2.24, 2.45) is 17.8 Å². The molecule has 13 heteroatoms. The van der Waals surface area contributed by atoms with Gasteiger partial charge in [0.25, 0.3) is 0 Å². The van der Waals surface area contributed by atoms with E-state index in [4.69, 9.17) is 32.7 Å². The average Bonchev–Trinajstić information content (AvgIpc) is 3.24. The summed E-state index contributed by atoms with van der Waals surface area (Å²) in [4.78, 5) is 0. The Morgan fingerprint density at radius 2 is 1.88 bits per heavy atom. The highest BCUT2D eigenvalue weighted by molar-refractivity contribution is 7.88. The van der Waals surface area contributed by atoms with Gasteiger partial charge in [0.05, 0.1) is 34.8 Å². The molecule has 0 aliphatic heterocycles. The molecule has 2 aromatic carbocycles. The third kappa shape index (κ3) is 5.86. The number of nitriles is 1. The molecule has 1 heterocycles. The van der Waals surface area contributed by atoms with E-state index in [0.717, 1.165) is 29.7 Å². The van der Waals surface area contributed by atoms with Crippen molar-refractivity contribution < 1.29 is 31.1 Å². The Bertz CT molecular complexity index is 1580. The minimum atomic E-state index is -4.70. The van der Waals surface area contributed by atoms with Crippen molar-refractivity contribution in [1.29, 1.82) is 5.26 Å². The van der Waals surface area contributed by atoms with Gasteiger partial charge >= 0.3 is 6.18 Å². The van der Waals surface area contributed by atoms with Crippen LogP contribution in [0.15, 0.2) is 36.4 Å². The normalized spacial score (nSPS) is 22.5. The number of sulfonamides is 1. The summed E-state index contributed by atoms with van der Waals surface area (Å²) in [6, 6.07) is 10.1. The maximum atomic E-state index is 14.2. The van der Waals surface area contributed by atoms with Crippen LogP contribution in [0.3, 0.4) is 0 Å². The zero-order chi connectivity index (χ0) is 28.8. The second kappa shape index (κ2) is 11.0. The van der Waals surface area contributed by atoms with Crippen molar-refractivity contribution in [1.82, 2.24) is 9.29 Å². The molecule has 3 saturated carbocycles. The first kappa shape index (κ1) is 28.9. The first-order chi connectivity index (χ1) is 18.9. The summed E-state index contributed by atoms with van der Waals surface area (Å²) in [5, 5.41) is 9.89. The zero-order valence-corrected chi connectivity index (χ0v) is 23.7. The molecule has 3 aliphatic rings. The maximum Gasteiger partial charge on any atom is 0.431 e. The van der Waals surface area contributed by atoms with Crippen LogP contribution in [0, 0.1) is 29.1 Å². The fraction of sp³-hybridized carbons (Fsp3) is 0.444. The number of nitrogens with one attached hydrogen (secondary N) is 1. The Hall–Kier alpha value is -2.65. The summed E-state index contributed by atoms with van der Waals surface area (Å²) >= 11 is 12.0. The van der Waals surface area contributed by atoms with Crippen LogP contribution in [0.4, 0.5) is 13.2 Å². The van der Waals surface area contributed by atoms with Crippen molar-refractivity contribution >= 4 is 44.1 Å². The summed E-state index contributed by atoms with van der Waals surface area (Å²) < 4.78 is 81.1. The standard InChI is InChI=1S/C27H26Cl2F3N3O4S/c1-40(36,37)34-23-10-19(15-6-16(23)7-15)14-39-21-2-3-24-17(9-21)11-25(27(30,31)32)35(24)20-8-18(13-33)26(22(29)12-20)38-5-4-28/h2-3,8-9,11-12,15-16,19,23,34H,4-7,10,14H2,1H3/t15?,16?,19-,23?/m1/s1. The molecular weight excluding hydrogens is 590 g/mol. The molecule has 3 aromatic rings. The second-order valence-electron chi connectivity index (χ2n) is 10.3. The monoisotopic (exact) mass is 615 g/mol. The van der Waals surface area contributed by atoms with Crippen LogP contribution in [0.5, 0.6) is 11.5 Å². The topological polar surface area (TPSA) is 93.3 Å². The number of halogens is 5. The molecule has 0 saturated heterocycles. The average molecular weight is 616 g/mol. The van der Waals surface area contributed by atoms with Crippen molar-refractivity contribution in [2.75, 3.05) is 25.3 Å². The molecule has 0 amide bonds. The number of benzene rings is 2. The number of fused-ring (bicyclic) bond motifs is 3. The number of nitrogens with zero attached hydrogens (tertiary/aromatic N) is 2. The van der Waals surface area contributed by atoms with Gasteiger partial charge in [0, 0.05) is 17.1 Å². The smallest absolute Gasteiger partial charge is 0.431 e. The first-order valence-corrected chi connectivity index (χ1v) is 15.4. The molecule has 3 aliphatic carbocycles. The van der Waals surface area contributed by atoms with Gasteiger partial charge in [0.15, 0.2) is 5.75 Å². The number of aromatic nitrogens is 1. The molecular formula is C27H26Cl2F3N3O4S. The van der Waals surface area contributed by atoms with Crippen LogP contribution in [0.2, 0.25) is 5.02 Å². The van der Waals surface area contributed by atoms with Crippen LogP contribution in [-0.4, -0.2) is 44.4 Å². The minimum absolute atomic E-state index is 0.0107. The second-order valence-corrected chi connectivity index (χ2v) is 12.9. The SMILES string of the molecule is CS(=O)(=O)NC1C[C@H](COc2ccc3c(c2)cc(C(F)(F)F)n3-c2cc(Cl)c(OCCCl)c(C#N)c2)C2CC1C2. The van der Waals surface area contributed by atoms with E-state index in [2.05, 4.69) is 4.72 Å². The van der Waals surface area contributed by atoms with Crippen molar-refractivity contribution in [2.45, 2.75) is 31.5 Å². The fourth-order valence-corrected chi connectivity index (χ4v) is 6.99. The minimum Gasteiger partial charge on any atom is -0.493 e. The van der Waals surface area contributed by atoms with Gasteiger partial charge in [-0.3, -0.25) is 0 Å². The summed E-state index contributed by atoms with van der Waals surface area (Å²) in [5.41, 5.74) is -0.638. The summed E-state index contributed by atoms with van der Waals surface area (Å²) in [5.74, 6) is 1.54. The number of alkyl halides is 4. The lowest BCUT2D eigenvalue weighted by Crippen LogP contribution is -2.54. The lowest BCUT2D eigenvalue weighted by atomic mass is 9.58. The molecule has 7 nitrogen and oxygen atoms in total. The molecule has 1 aromatic heterocycles. The Labute approximate surface area is 239 Å². The van der Waals surface area contributed by atoms with E-state index in [0.29, 0.717) is 36.0 Å². The first-order valence-electron chi connectivity index (χ1n) is 12.6. The number of hydrogen-bond donors (Lipinski definition) is 1. The van der Waals surface area contributed by atoms with Crippen molar-refractivity contribution in [3.05, 3.63) is 52.7 Å². The van der Waals surface area contributed by atoms with E-state index in [-0.39, 0.29) is 52.0 Å². The van der Waals surface area contributed by atoms with E-state index in [1.54, 1.807) is 12.1 Å². The van der Waals surface area contributed by atoms with Gasteiger partial charge in [-0.25, -0.2) is 13.1 Å². The van der Waals surface area contributed by atoms with Crippen LogP contribution in [-0.2, 0) is 16.2 Å². The van der Waals surface area contributed by atoms with Gasteiger partial charge in [-0.1, -0.05) is 11.6 Å². The van der Waals surface area contributed by atoms with Gasteiger partial charge < -0.3 is 14.0 Å². The highest BCUT2D eigenvalue weighted by Crippen LogP contribution is 2.49. The van der Waals surface area contributed by atoms with E-state index < -0.39 is 21.9 Å². The van der Waals surface area contributed by atoms with E-state index in [1.807, 2.05) is 6.07 Å². The van der Waals surface area contributed by atoms with Crippen molar-refractivity contribution in [3.8, 4) is 23.3 Å². The van der Waals surface area contributed by atoms with E-state index in [9.17, 15) is 26.9 Å². The summed E-state index contributed by atoms with van der Waals surface area (Å²) in [6.07, 6.45) is -1.02. The predicted molar refractivity (Wildman–Crippen MR) is 146 cm³/mol. The molecule has 2 atom stereocenters. The Morgan fingerprint density at radius 3 is 2.52 bits per heavy atom. The lowest BCUT2D eigenvalue weighted by Gasteiger charge is -2.51. The van der Waals surface area contributed by atoms with Crippen LogP contribution < -0.4 is 14.2 Å². The van der Waals surface area contributed by atoms with Crippen LogP contribution in [0.25, 0.3) is 16.6 Å². The molecule has 2 bridgehead atoms. The van der Waals surface area contributed by atoms with Gasteiger partial charge in [-0.05, 0) is 73.4 Å².